The van der Waals surface area contributed by atoms with Crippen LogP contribution in [0.3, 0.4) is 0 Å². The molecule has 0 nitrogen and oxygen atoms in total. The van der Waals surface area contributed by atoms with Gasteiger partial charge in [-0.3, -0.25) is 0 Å². The molecular formula is C16H30P2. The van der Waals surface area contributed by atoms with Gasteiger partial charge in [0.15, 0.2) is 0 Å². The van der Waals surface area contributed by atoms with Crippen LogP contribution in [0.1, 0.15) is 77.0 Å². The second-order valence-corrected chi connectivity index (χ2v) is 10.8. The molecule has 0 aromatic carbocycles. The average molecular weight is 284 g/mol. The van der Waals surface area contributed by atoms with Crippen LogP contribution in [0.15, 0.2) is 0 Å². The van der Waals surface area contributed by atoms with Crippen LogP contribution in [0.2, 0.25) is 0 Å². The highest BCUT2D eigenvalue weighted by Gasteiger charge is 2.26. The lowest BCUT2D eigenvalue weighted by Crippen LogP contribution is -2.20. The Kier molecular flexibility index (Phi) is 5.40. The second-order valence-electron chi connectivity index (χ2n) is 6.84. The van der Waals surface area contributed by atoms with Gasteiger partial charge in [0, 0.05) is 0 Å². The maximum atomic E-state index is 1.57. The molecule has 0 aromatic heterocycles. The molecule has 4 aliphatic heterocycles. The maximum absolute atomic E-state index is 1.57. The quantitative estimate of drug-likeness (QED) is 0.512. The third-order valence-electron chi connectivity index (χ3n) is 5.37. The summed E-state index contributed by atoms with van der Waals surface area (Å²) in [4.78, 5) is 0. The average Bonchev–Trinajstić information content (AvgIpc) is 2.68. The predicted molar refractivity (Wildman–Crippen MR) is 87.2 cm³/mol. The topological polar surface area (TPSA) is 0 Å². The summed E-state index contributed by atoms with van der Waals surface area (Å²) in [5.41, 5.74) is 4.71. The summed E-state index contributed by atoms with van der Waals surface area (Å²) in [5, 5.41) is 0. The van der Waals surface area contributed by atoms with Gasteiger partial charge in [0.05, 0.1) is 0 Å². The third kappa shape index (κ3) is 3.93. The standard InChI is InChI=1S/2C8H15P/c1-3-7-5-2-6-8(4-1)9-7;1-2-4-8-6-5-7(3-1)9-8/h2*7-9H,1-6H2. The van der Waals surface area contributed by atoms with Gasteiger partial charge in [0.25, 0.3) is 0 Å². The highest BCUT2D eigenvalue weighted by Crippen LogP contribution is 2.47. The van der Waals surface area contributed by atoms with E-state index in [0.29, 0.717) is 0 Å². The zero-order chi connectivity index (χ0) is 12.2. The van der Waals surface area contributed by atoms with Crippen LogP contribution in [0.25, 0.3) is 0 Å². The van der Waals surface area contributed by atoms with Crippen molar-refractivity contribution in [2.45, 2.75) is 99.7 Å². The van der Waals surface area contributed by atoms with Crippen LogP contribution < -0.4 is 0 Å². The lowest BCUT2D eigenvalue weighted by Gasteiger charge is -2.34. The van der Waals surface area contributed by atoms with E-state index >= 15 is 0 Å². The van der Waals surface area contributed by atoms with E-state index in [1.165, 1.54) is 52.6 Å². The molecule has 4 rings (SSSR count). The SMILES string of the molecule is C1CC2CCCC(C1)P2.C1CCC2CCC(C1)P2. The Morgan fingerprint density at radius 2 is 0.722 bits per heavy atom. The Labute approximate surface area is 117 Å². The van der Waals surface area contributed by atoms with Crippen LogP contribution >= 0.6 is 17.2 Å². The van der Waals surface area contributed by atoms with Crippen molar-refractivity contribution in [2.24, 2.45) is 0 Å². The molecule has 18 heavy (non-hydrogen) atoms. The van der Waals surface area contributed by atoms with Gasteiger partial charge in [0.1, 0.15) is 0 Å². The first-order valence-corrected chi connectivity index (χ1v) is 10.7. The van der Waals surface area contributed by atoms with Crippen molar-refractivity contribution in [2.75, 3.05) is 0 Å². The molecule has 4 bridgehead atoms. The fraction of sp³-hybridized carbons (Fsp3) is 1.00. The van der Waals surface area contributed by atoms with Crippen molar-refractivity contribution in [3.05, 3.63) is 0 Å². The Morgan fingerprint density at radius 1 is 0.389 bits per heavy atom. The van der Waals surface area contributed by atoms with Gasteiger partial charge in [-0.2, -0.15) is 0 Å². The van der Waals surface area contributed by atoms with Gasteiger partial charge in [-0.15, -0.1) is 17.2 Å². The predicted octanol–water partition coefficient (Wildman–Crippen LogP) is 5.54. The fourth-order valence-corrected chi connectivity index (χ4v) is 8.54. The summed E-state index contributed by atoms with van der Waals surface area (Å²) in [5.74, 6) is 0. The maximum Gasteiger partial charge on any atom is -0.0234 e. The van der Waals surface area contributed by atoms with E-state index in [1.807, 2.05) is 0 Å². The molecule has 4 saturated heterocycles. The van der Waals surface area contributed by atoms with Crippen molar-refractivity contribution in [3.63, 3.8) is 0 Å². The highest BCUT2D eigenvalue weighted by molar-refractivity contribution is 7.40. The molecule has 4 aliphatic rings. The Balaban J connectivity index is 0.000000111. The van der Waals surface area contributed by atoms with Gasteiger partial charge in [-0.25, -0.2) is 0 Å². The monoisotopic (exact) mass is 284 g/mol. The molecule has 0 N–H and O–H groups in total. The Hall–Kier alpha value is 0.860. The molecule has 2 atom stereocenters. The van der Waals surface area contributed by atoms with Gasteiger partial charge >= 0.3 is 0 Å². The molecule has 0 amide bonds. The van der Waals surface area contributed by atoms with E-state index < -0.39 is 0 Å². The van der Waals surface area contributed by atoms with Gasteiger partial charge in [-0.1, -0.05) is 25.7 Å². The van der Waals surface area contributed by atoms with E-state index in [1.54, 1.807) is 64.2 Å². The number of hydrogen-bond acceptors (Lipinski definition) is 0. The summed E-state index contributed by atoms with van der Waals surface area (Å²) in [6, 6.07) is 0. The van der Waals surface area contributed by atoms with Crippen LogP contribution in [0.5, 0.6) is 0 Å². The van der Waals surface area contributed by atoms with Crippen LogP contribution in [0.4, 0.5) is 0 Å². The van der Waals surface area contributed by atoms with E-state index in [0.717, 1.165) is 0 Å². The van der Waals surface area contributed by atoms with Crippen LogP contribution in [-0.2, 0) is 0 Å². The minimum Gasteiger partial charge on any atom is -0.116 e. The summed E-state index contributed by atoms with van der Waals surface area (Å²) < 4.78 is 0. The zero-order valence-corrected chi connectivity index (χ0v) is 13.8. The molecular weight excluding hydrogens is 254 g/mol. The summed E-state index contributed by atoms with van der Waals surface area (Å²) in [7, 11) is 2.71. The van der Waals surface area contributed by atoms with E-state index in [-0.39, 0.29) is 0 Å². The summed E-state index contributed by atoms with van der Waals surface area (Å²) in [6.07, 6.45) is 18.7. The van der Waals surface area contributed by atoms with E-state index in [2.05, 4.69) is 0 Å². The zero-order valence-electron chi connectivity index (χ0n) is 11.8. The molecule has 0 spiro atoms. The Bertz CT molecular complexity index is 214. The second kappa shape index (κ2) is 7.04. The van der Waals surface area contributed by atoms with Crippen molar-refractivity contribution in [1.82, 2.24) is 0 Å². The van der Waals surface area contributed by atoms with Crippen molar-refractivity contribution in [3.8, 4) is 0 Å². The highest BCUT2D eigenvalue weighted by atomic mass is 31.1. The Morgan fingerprint density at radius 3 is 1.17 bits per heavy atom. The molecule has 0 radical (unpaired) electrons. The fourth-order valence-electron chi connectivity index (χ4n) is 4.32. The van der Waals surface area contributed by atoms with Gasteiger partial charge in [-0.05, 0) is 74.0 Å². The lowest BCUT2D eigenvalue weighted by molar-refractivity contribution is 0.483. The van der Waals surface area contributed by atoms with Gasteiger partial charge < -0.3 is 0 Å². The van der Waals surface area contributed by atoms with Crippen molar-refractivity contribution >= 4 is 17.2 Å². The molecule has 4 heterocycles. The number of hydrogen-bond donors (Lipinski definition) is 0. The number of rotatable bonds is 0. The van der Waals surface area contributed by atoms with Crippen molar-refractivity contribution < 1.29 is 0 Å². The summed E-state index contributed by atoms with van der Waals surface area (Å²) in [6.45, 7) is 0. The first-order valence-electron chi connectivity index (χ1n) is 8.42. The molecule has 0 saturated carbocycles. The van der Waals surface area contributed by atoms with Crippen molar-refractivity contribution in [1.29, 1.82) is 0 Å². The number of fused-ring (bicyclic) bond motifs is 4. The molecule has 4 fully saturated rings. The van der Waals surface area contributed by atoms with Gasteiger partial charge in [0.2, 0.25) is 0 Å². The summed E-state index contributed by atoms with van der Waals surface area (Å²) >= 11 is 0. The lowest BCUT2D eigenvalue weighted by atomic mass is 9.99. The molecule has 2 unspecified atom stereocenters. The van der Waals surface area contributed by atoms with E-state index in [9.17, 15) is 0 Å². The van der Waals surface area contributed by atoms with Crippen LogP contribution in [0, 0.1) is 0 Å². The normalized spacial score (nSPS) is 45.3. The third-order valence-corrected chi connectivity index (χ3v) is 9.57. The minimum atomic E-state index is 1.18. The molecule has 0 aromatic rings. The molecule has 104 valence electrons. The molecule has 2 heteroatoms. The minimum absolute atomic E-state index is 1.18. The first-order chi connectivity index (χ1) is 8.90. The van der Waals surface area contributed by atoms with Crippen LogP contribution in [-0.4, -0.2) is 22.6 Å². The largest absolute Gasteiger partial charge is 0.116 e. The van der Waals surface area contributed by atoms with E-state index in [4.69, 9.17) is 0 Å². The first kappa shape index (κ1) is 13.8. The smallest absolute Gasteiger partial charge is 0.0234 e. The molecule has 0 aliphatic carbocycles.